The second kappa shape index (κ2) is 7.63. The van der Waals surface area contributed by atoms with Gasteiger partial charge in [-0.05, 0) is 6.42 Å². The summed E-state index contributed by atoms with van der Waals surface area (Å²) in [5.74, 6) is 0. The van der Waals surface area contributed by atoms with Crippen molar-refractivity contribution in [3.63, 3.8) is 0 Å². The fraction of sp³-hybridized carbons (Fsp3) is 0.538. The highest BCUT2D eigenvalue weighted by Crippen LogP contribution is 2.05. The second-order valence-electron chi connectivity index (χ2n) is 4.30. The largest absolute Gasteiger partial charge is 1.00 e. The number of nitrogens with one attached hydrogen (secondary N) is 1. The van der Waals surface area contributed by atoms with Gasteiger partial charge in [0, 0.05) is 12.5 Å². The van der Waals surface area contributed by atoms with E-state index in [2.05, 4.69) is 39.9 Å². The Morgan fingerprint density at radius 2 is 2.06 bits per heavy atom. The smallest absolute Gasteiger partial charge is 0.194 e. The van der Waals surface area contributed by atoms with E-state index in [4.69, 9.17) is 0 Å². The monoisotopic (exact) mass is 345 g/mol. The van der Waals surface area contributed by atoms with Crippen molar-refractivity contribution in [3.05, 3.63) is 24.8 Å². The standard InChI is InChI=1S/C13H19N3.HI/c1-2-3-4-5-6-8-16-9-7-12-13(10-16)15-11-14-12;/h7,9-11H,2-6,8H2,1H3;1H. The van der Waals surface area contributed by atoms with Crippen molar-refractivity contribution >= 4 is 11.0 Å². The van der Waals surface area contributed by atoms with E-state index >= 15 is 0 Å². The van der Waals surface area contributed by atoms with Crippen molar-refractivity contribution in [3.8, 4) is 0 Å². The predicted octanol–water partition coefficient (Wildman–Crippen LogP) is -0.175. The lowest BCUT2D eigenvalue weighted by atomic mass is 10.1. The SMILES string of the molecule is CCCCCCC[n+]1ccc2nc[nH]c2c1.[I-]. The molecule has 2 rings (SSSR count). The van der Waals surface area contributed by atoms with Gasteiger partial charge in [0.25, 0.3) is 0 Å². The fourth-order valence-electron chi connectivity index (χ4n) is 1.96. The van der Waals surface area contributed by atoms with Crippen LogP contribution in [0.2, 0.25) is 0 Å². The summed E-state index contributed by atoms with van der Waals surface area (Å²) in [6.07, 6.45) is 12.6. The van der Waals surface area contributed by atoms with Crippen LogP contribution in [-0.2, 0) is 6.54 Å². The highest BCUT2D eigenvalue weighted by atomic mass is 127. The Balaban J connectivity index is 0.00000144. The number of aromatic nitrogens is 3. The Bertz CT molecular complexity index is 439. The summed E-state index contributed by atoms with van der Waals surface area (Å²) in [5, 5.41) is 0. The van der Waals surface area contributed by atoms with Crippen molar-refractivity contribution in [2.75, 3.05) is 0 Å². The van der Waals surface area contributed by atoms with Crippen molar-refractivity contribution in [1.82, 2.24) is 9.97 Å². The Morgan fingerprint density at radius 1 is 1.24 bits per heavy atom. The average molecular weight is 345 g/mol. The van der Waals surface area contributed by atoms with E-state index in [9.17, 15) is 0 Å². The lowest BCUT2D eigenvalue weighted by Gasteiger charge is -1.97. The molecule has 0 fully saturated rings. The highest BCUT2D eigenvalue weighted by molar-refractivity contribution is 5.71. The molecule has 0 radical (unpaired) electrons. The van der Waals surface area contributed by atoms with Gasteiger partial charge in [-0.25, -0.2) is 9.55 Å². The minimum atomic E-state index is 0. The van der Waals surface area contributed by atoms with E-state index in [-0.39, 0.29) is 24.0 Å². The lowest BCUT2D eigenvalue weighted by molar-refractivity contribution is -0.696. The number of imidazole rings is 1. The molecule has 4 heteroatoms. The third kappa shape index (κ3) is 4.26. The van der Waals surface area contributed by atoms with E-state index in [0.717, 1.165) is 17.6 Å². The molecular formula is C13H20IN3. The molecule has 0 atom stereocenters. The maximum Gasteiger partial charge on any atom is 0.194 e. The molecule has 1 N–H and O–H groups in total. The van der Waals surface area contributed by atoms with Crippen LogP contribution in [0.1, 0.15) is 39.0 Å². The first-order chi connectivity index (χ1) is 7.90. The molecule has 0 aliphatic heterocycles. The molecule has 0 aliphatic carbocycles. The molecule has 2 heterocycles. The van der Waals surface area contributed by atoms with Crippen LogP contribution in [0.5, 0.6) is 0 Å². The third-order valence-electron chi connectivity index (χ3n) is 2.94. The van der Waals surface area contributed by atoms with E-state index in [1.807, 2.05) is 0 Å². The van der Waals surface area contributed by atoms with E-state index in [1.54, 1.807) is 6.33 Å². The highest BCUT2D eigenvalue weighted by Gasteiger charge is 2.03. The summed E-state index contributed by atoms with van der Waals surface area (Å²) in [7, 11) is 0. The van der Waals surface area contributed by atoms with Gasteiger partial charge in [-0.3, -0.25) is 0 Å². The van der Waals surface area contributed by atoms with Gasteiger partial charge in [-0.15, -0.1) is 0 Å². The molecule has 17 heavy (non-hydrogen) atoms. The lowest BCUT2D eigenvalue weighted by Crippen LogP contribution is -3.00. The first-order valence-electron chi connectivity index (χ1n) is 6.22. The fourth-order valence-corrected chi connectivity index (χ4v) is 1.96. The predicted molar refractivity (Wildman–Crippen MR) is 65.0 cm³/mol. The minimum absolute atomic E-state index is 0. The van der Waals surface area contributed by atoms with Crippen LogP contribution >= 0.6 is 0 Å². The number of fused-ring (bicyclic) bond motifs is 1. The molecule has 0 saturated heterocycles. The molecule has 2 aromatic rings. The van der Waals surface area contributed by atoms with Crippen LogP contribution in [0.3, 0.4) is 0 Å². The Hall–Kier alpha value is -0.650. The van der Waals surface area contributed by atoms with Crippen LogP contribution in [-0.4, -0.2) is 9.97 Å². The van der Waals surface area contributed by atoms with E-state index in [1.165, 1.54) is 32.1 Å². The maximum absolute atomic E-state index is 4.21. The summed E-state index contributed by atoms with van der Waals surface area (Å²) in [5.41, 5.74) is 2.17. The molecule has 2 aromatic heterocycles. The number of pyridine rings is 1. The van der Waals surface area contributed by atoms with Gasteiger partial charge < -0.3 is 29.0 Å². The molecule has 94 valence electrons. The second-order valence-corrected chi connectivity index (χ2v) is 4.30. The van der Waals surface area contributed by atoms with Gasteiger partial charge in [0.2, 0.25) is 0 Å². The Labute approximate surface area is 120 Å². The molecular weight excluding hydrogens is 325 g/mol. The van der Waals surface area contributed by atoms with Crippen molar-refractivity contribution in [1.29, 1.82) is 0 Å². The quantitative estimate of drug-likeness (QED) is 0.440. The van der Waals surface area contributed by atoms with Crippen molar-refractivity contribution < 1.29 is 28.5 Å². The van der Waals surface area contributed by atoms with Gasteiger partial charge in [-0.2, -0.15) is 0 Å². The summed E-state index contributed by atoms with van der Waals surface area (Å²) in [4.78, 5) is 7.35. The van der Waals surface area contributed by atoms with Crippen LogP contribution in [0.25, 0.3) is 11.0 Å². The number of H-pyrrole nitrogens is 1. The Morgan fingerprint density at radius 3 is 2.88 bits per heavy atom. The number of halogens is 1. The Kier molecular flexibility index (Phi) is 6.47. The van der Waals surface area contributed by atoms with Gasteiger partial charge in [0.05, 0.1) is 6.33 Å². The normalized spacial score (nSPS) is 10.4. The number of hydrogen-bond donors (Lipinski definition) is 1. The first-order valence-corrected chi connectivity index (χ1v) is 6.22. The molecule has 0 saturated carbocycles. The van der Waals surface area contributed by atoms with Crippen LogP contribution < -0.4 is 28.5 Å². The van der Waals surface area contributed by atoms with Gasteiger partial charge in [0.1, 0.15) is 17.6 Å². The summed E-state index contributed by atoms with van der Waals surface area (Å²) >= 11 is 0. The van der Waals surface area contributed by atoms with Crippen molar-refractivity contribution in [2.45, 2.75) is 45.6 Å². The number of hydrogen-bond acceptors (Lipinski definition) is 1. The molecule has 0 aromatic carbocycles. The zero-order valence-corrected chi connectivity index (χ0v) is 12.5. The molecule has 0 unspecified atom stereocenters. The number of nitrogens with zero attached hydrogens (tertiary/aromatic N) is 2. The summed E-state index contributed by atoms with van der Waals surface area (Å²) in [6, 6.07) is 2.07. The van der Waals surface area contributed by atoms with Crippen molar-refractivity contribution in [2.24, 2.45) is 0 Å². The van der Waals surface area contributed by atoms with E-state index in [0.29, 0.717) is 0 Å². The summed E-state index contributed by atoms with van der Waals surface area (Å²) in [6.45, 7) is 3.36. The zero-order valence-electron chi connectivity index (χ0n) is 10.3. The molecule has 3 nitrogen and oxygen atoms in total. The molecule has 0 bridgehead atoms. The maximum atomic E-state index is 4.21. The number of rotatable bonds is 6. The van der Waals surface area contributed by atoms with E-state index < -0.39 is 0 Å². The molecule has 0 aliphatic rings. The molecule has 0 spiro atoms. The minimum Gasteiger partial charge on any atom is -1.00 e. The average Bonchev–Trinajstić information content (AvgIpc) is 2.76. The van der Waals surface area contributed by atoms with Gasteiger partial charge >= 0.3 is 0 Å². The van der Waals surface area contributed by atoms with Gasteiger partial charge in [0.15, 0.2) is 12.4 Å². The number of aromatic amines is 1. The summed E-state index contributed by atoms with van der Waals surface area (Å²) < 4.78 is 2.24. The van der Waals surface area contributed by atoms with Gasteiger partial charge in [-0.1, -0.05) is 26.2 Å². The topological polar surface area (TPSA) is 32.6 Å². The zero-order chi connectivity index (χ0) is 11.2. The van der Waals surface area contributed by atoms with Crippen LogP contribution in [0.15, 0.2) is 24.8 Å². The number of aryl methyl sites for hydroxylation is 1. The van der Waals surface area contributed by atoms with Crippen LogP contribution in [0, 0.1) is 0 Å². The third-order valence-corrected chi connectivity index (χ3v) is 2.94. The molecule has 0 amide bonds. The first kappa shape index (κ1) is 14.4. The number of unbranched alkanes of at least 4 members (excludes halogenated alkanes) is 4. The van der Waals surface area contributed by atoms with Crippen LogP contribution in [0.4, 0.5) is 0 Å².